The molecule has 1 aromatic heterocycles. The van der Waals surface area contributed by atoms with E-state index in [4.69, 9.17) is 9.84 Å². The van der Waals surface area contributed by atoms with Crippen LogP contribution in [-0.4, -0.2) is 23.2 Å². The number of H-pyrrole nitrogens is 1. The molecule has 0 bridgehead atoms. The first-order valence-corrected chi connectivity index (χ1v) is 7.63. The topological polar surface area (TPSA) is 62.3 Å². The molecule has 3 rings (SSSR count). The molecule has 5 heteroatoms. The number of hydrogen-bond donors (Lipinski definition) is 2. The van der Waals surface area contributed by atoms with Gasteiger partial charge in [0.2, 0.25) is 0 Å². The third kappa shape index (κ3) is 2.97. The lowest BCUT2D eigenvalue weighted by molar-refractivity contribution is -0.136. The first kappa shape index (κ1) is 16.1. The smallest absolute Gasteiger partial charge is 0.307 e. The molecule has 1 heterocycles. The van der Waals surface area contributed by atoms with Gasteiger partial charge in [0.05, 0.1) is 13.5 Å². The number of rotatable bonds is 5. The molecule has 4 nitrogen and oxygen atoms in total. The second-order valence-corrected chi connectivity index (χ2v) is 5.77. The first-order chi connectivity index (χ1) is 11.5. The Morgan fingerprint density at radius 1 is 1.17 bits per heavy atom. The number of methoxy groups -OCH3 is 1. The molecule has 0 amide bonds. The summed E-state index contributed by atoms with van der Waals surface area (Å²) in [5, 5.41) is 9.78. The largest absolute Gasteiger partial charge is 0.497 e. The average Bonchev–Trinajstić information content (AvgIpc) is 2.87. The molecule has 0 saturated heterocycles. The molecule has 0 aliphatic heterocycles. The van der Waals surface area contributed by atoms with E-state index in [2.05, 4.69) is 4.98 Å². The first-order valence-electron chi connectivity index (χ1n) is 7.63. The Bertz CT molecular complexity index is 897. The van der Waals surface area contributed by atoms with Crippen molar-refractivity contribution in [3.05, 3.63) is 64.6 Å². The van der Waals surface area contributed by atoms with Gasteiger partial charge in [-0.25, -0.2) is 4.39 Å². The highest BCUT2D eigenvalue weighted by Crippen LogP contribution is 2.30. The van der Waals surface area contributed by atoms with Crippen LogP contribution in [0, 0.1) is 12.7 Å². The maximum atomic E-state index is 14.2. The maximum Gasteiger partial charge on any atom is 0.307 e. The molecule has 0 fully saturated rings. The van der Waals surface area contributed by atoms with Gasteiger partial charge >= 0.3 is 5.97 Å². The van der Waals surface area contributed by atoms with E-state index in [9.17, 15) is 9.18 Å². The molecule has 0 unspecified atom stereocenters. The molecule has 0 aliphatic carbocycles. The van der Waals surface area contributed by atoms with Crippen molar-refractivity contribution in [1.29, 1.82) is 0 Å². The monoisotopic (exact) mass is 327 g/mol. The Kier molecular flexibility index (Phi) is 4.25. The van der Waals surface area contributed by atoms with E-state index >= 15 is 0 Å². The molecule has 3 aromatic rings. The Balaban J connectivity index is 2.10. The Morgan fingerprint density at radius 3 is 2.50 bits per heavy atom. The number of aliphatic carboxylic acids is 1. The molecule has 0 spiro atoms. The minimum Gasteiger partial charge on any atom is -0.497 e. The quantitative estimate of drug-likeness (QED) is 0.748. The van der Waals surface area contributed by atoms with Gasteiger partial charge in [0.25, 0.3) is 0 Å². The van der Waals surface area contributed by atoms with Crippen LogP contribution in [0.2, 0.25) is 0 Å². The Labute approximate surface area is 138 Å². The van der Waals surface area contributed by atoms with Gasteiger partial charge in [0.1, 0.15) is 11.6 Å². The van der Waals surface area contributed by atoms with Gasteiger partial charge in [-0.1, -0.05) is 12.1 Å². The third-order valence-electron chi connectivity index (χ3n) is 4.20. The predicted octanol–water partition coefficient (Wildman–Crippen LogP) is 3.84. The number of carboxylic acids is 1. The van der Waals surface area contributed by atoms with Gasteiger partial charge in [-0.05, 0) is 48.7 Å². The standard InChI is InChI=1S/C19H18FNO3/c1-11-14(9-12-3-5-13(24-2)6-4-12)19-15(10-18(22)23)16(20)7-8-17(19)21-11/h3-8,21H,9-10H2,1-2H3,(H,22,23). The highest BCUT2D eigenvalue weighted by molar-refractivity contribution is 5.91. The van der Waals surface area contributed by atoms with Gasteiger partial charge in [-0.3, -0.25) is 4.79 Å². The lowest BCUT2D eigenvalue weighted by Gasteiger charge is -2.08. The summed E-state index contributed by atoms with van der Waals surface area (Å²) in [4.78, 5) is 14.3. The van der Waals surface area contributed by atoms with Crippen molar-refractivity contribution in [2.24, 2.45) is 0 Å². The van der Waals surface area contributed by atoms with E-state index in [0.29, 0.717) is 11.8 Å². The van der Waals surface area contributed by atoms with E-state index < -0.39 is 11.8 Å². The van der Waals surface area contributed by atoms with Crippen LogP contribution in [0.4, 0.5) is 4.39 Å². The van der Waals surface area contributed by atoms with Crippen LogP contribution in [0.5, 0.6) is 5.75 Å². The maximum absolute atomic E-state index is 14.2. The van der Waals surface area contributed by atoms with E-state index in [1.807, 2.05) is 31.2 Å². The van der Waals surface area contributed by atoms with Crippen LogP contribution < -0.4 is 4.74 Å². The van der Waals surface area contributed by atoms with Crippen LogP contribution in [0.3, 0.4) is 0 Å². The van der Waals surface area contributed by atoms with Crippen molar-refractivity contribution in [3.8, 4) is 5.75 Å². The van der Waals surface area contributed by atoms with Gasteiger partial charge in [0, 0.05) is 22.2 Å². The van der Waals surface area contributed by atoms with Crippen molar-refractivity contribution in [2.45, 2.75) is 19.8 Å². The number of carboxylic acid groups (broad SMARTS) is 1. The Morgan fingerprint density at radius 2 is 1.88 bits per heavy atom. The molecule has 0 atom stereocenters. The number of aryl methyl sites for hydroxylation is 1. The lowest BCUT2D eigenvalue weighted by Crippen LogP contribution is -2.04. The molecular formula is C19H18FNO3. The number of hydrogen-bond acceptors (Lipinski definition) is 2. The summed E-state index contributed by atoms with van der Waals surface area (Å²) in [6, 6.07) is 10.6. The summed E-state index contributed by atoms with van der Waals surface area (Å²) in [7, 11) is 1.61. The zero-order chi connectivity index (χ0) is 17.3. The minimum atomic E-state index is -1.05. The highest BCUT2D eigenvalue weighted by Gasteiger charge is 2.18. The fourth-order valence-corrected chi connectivity index (χ4v) is 3.03. The number of benzene rings is 2. The Hall–Kier alpha value is -2.82. The SMILES string of the molecule is COc1ccc(Cc2c(C)[nH]c3ccc(F)c(CC(=O)O)c23)cc1. The van der Waals surface area contributed by atoms with Crippen LogP contribution >= 0.6 is 0 Å². The third-order valence-corrected chi connectivity index (χ3v) is 4.20. The molecule has 0 radical (unpaired) electrons. The normalized spacial score (nSPS) is 11.0. The van der Waals surface area contributed by atoms with Crippen molar-refractivity contribution in [2.75, 3.05) is 7.11 Å². The molecule has 0 saturated carbocycles. The average molecular weight is 327 g/mol. The highest BCUT2D eigenvalue weighted by atomic mass is 19.1. The van der Waals surface area contributed by atoms with Gasteiger partial charge in [-0.15, -0.1) is 0 Å². The van der Waals surface area contributed by atoms with Crippen LogP contribution in [0.25, 0.3) is 10.9 Å². The van der Waals surface area contributed by atoms with Gasteiger partial charge in [0.15, 0.2) is 0 Å². The lowest BCUT2D eigenvalue weighted by atomic mass is 9.97. The summed E-state index contributed by atoms with van der Waals surface area (Å²) in [6.07, 6.45) is 0.252. The van der Waals surface area contributed by atoms with Crippen LogP contribution in [-0.2, 0) is 17.6 Å². The minimum absolute atomic E-state index is 0.230. The van der Waals surface area contributed by atoms with Gasteiger partial charge < -0.3 is 14.8 Å². The fourth-order valence-electron chi connectivity index (χ4n) is 3.03. The zero-order valence-corrected chi connectivity index (χ0v) is 13.5. The number of aromatic nitrogens is 1. The van der Waals surface area contributed by atoms with Crippen molar-refractivity contribution >= 4 is 16.9 Å². The zero-order valence-electron chi connectivity index (χ0n) is 13.5. The summed E-state index contributed by atoms with van der Waals surface area (Å²) in [5.41, 5.74) is 3.87. The van der Waals surface area contributed by atoms with E-state index in [0.717, 1.165) is 28.1 Å². The van der Waals surface area contributed by atoms with Crippen molar-refractivity contribution in [3.63, 3.8) is 0 Å². The molecule has 2 N–H and O–H groups in total. The molecule has 2 aromatic carbocycles. The van der Waals surface area contributed by atoms with E-state index in [1.165, 1.54) is 6.07 Å². The van der Waals surface area contributed by atoms with E-state index in [1.54, 1.807) is 13.2 Å². The molecular weight excluding hydrogens is 309 g/mol. The number of nitrogens with one attached hydrogen (secondary N) is 1. The number of ether oxygens (including phenoxy) is 1. The molecule has 0 aliphatic rings. The number of halogens is 1. The van der Waals surface area contributed by atoms with Crippen LogP contribution in [0.15, 0.2) is 36.4 Å². The number of fused-ring (bicyclic) bond motifs is 1. The van der Waals surface area contributed by atoms with Crippen molar-refractivity contribution in [1.82, 2.24) is 4.98 Å². The molecule has 124 valence electrons. The number of carbonyl (C=O) groups is 1. The summed E-state index contributed by atoms with van der Waals surface area (Å²) in [5.74, 6) is -0.762. The summed E-state index contributed by atoms with van der Waals surface area (Å²) < 4.78 is 19.4. The predicted molar refractivity (Wildman–Crippen MR) is 90.1 cm³/mol. The van der Waals surface area contributed by atoms with E-state index in [-0.39, 0.29) is 12.0 Å². The van der Waals surface area contributed by atoms with Gasteiger partial charge in [-0.2, -0.15) is 0 Å². The second-order valence-electron chi connectivity index (χ2n) is 5.77. The summed E-state index contributed by atoms with van der Waals surface area (Å²) >= 11 is 0. The van der Waals surface area contributed by atoms with Crippen molar-refractivity contribution < 1.29 is 19.0 Å². The summed E-state index contributed by atoms with van der Waals surface area (Å²) in [6.45, 7) is 1.92. The molecule has 24 heavy (non-hydrogen) atoms. The number of aromatic amines is 1. The fraction of sp³-hybridized carbons (Fsp3) is 0.211. The second kappa shape index (κ2) is 6.35. The van der Waals surface area contributed by atoms with Crippen LogP contribution in [0.1, 0.15) is 22.4 Å².